The van der Waals surface area contributed by atoms with Crippen LogP contribution in [-0.4, -0.2) is 0 Å². The lowest BCUT2D eigenvalue weighted by atomic mass is 10.0. The van der Waals surface area contributed by atoms with E-state index in [9.17, 15) is 0 Å². The van der Waals surface area contributed by atoms with Gasteiger partial charge in [0.05, 0.1) is 21.8 Å². The van der Waals surface area contributed by atoms with Crippen molar-refractivity contribution in [1.29, 1.82) is 0 Å². The van der Waals surface area contributed by atoms with E-state index < -0.39 is 0 Å². The molecule has 43 heavy (non-hydrogen) atoms. The highest BCUT2D eigenvalue weighted by molar-refractivity contribution is 7.97. The molecule has 0 atom stereocenters. The van der Waals surface area contributed by atoms with Gasteiger partial charge in [0.1, 0.15) is 0 Å². The maximum absolute atomic E-state index is 2.29. The van der Waals surface area contributed by atoms with Crippen LogP contribution in [0.4, 0.5) is 0 Å². The van der Waals surface area contributed by atoms with Gasteiger partial charge in [-0.3, -0.25) is 0 Å². The van der Waals surface area contributed by atoms with E-state index in [-0.39, 0.29) is 21.8 Å². The zero-order chi connectivity index (χ0) is 30.0. The third kappa shape index (κ3) is 8.10. The van der Waals surface area contributed by atoms with E-state index in [1.165, 1.54) is 46.1 Å². The second-order valence-electron chi connectivity index (χ2n) is 10.9. The number of aryl methyl sites for hydroxylation is 2. The van der Waals surface area contributed by atoms with Gasteiger partial charge >= 0.3 is 0 Å². The van der Waals surface area contributed by atoms with E-state index in [2.05, 4.69) is 191 Å². The number of hydrogen-bond acceptors (Lipinski definition) is 0. The average Bonchev–Trinajstić information content (AvgIpc) is 3.05. The van der Waals surface area contributed by atoms with Crippen molar-refractivity contribution in [3.63, 3.8) is 0 Å². The molecule has 0 aliphatic carbocycles. The lowest BCUT2D eigenvalue weighted by Crippen LogP contribution is -2.04. The molecule has 0 fully saturated rings. The van der Waals surface area contributed by atoms with Crippen LogP contribution in [0, 0.1) is 13.8 Å². The first kappa shape index (κ1) is 30.5. The van der Waals surface area contributed by atoms with E-state index in [1.54, 1.807) is 0 Å². The summed E-state index contributed by atoms with van der Waals surface area (Å²) in [5.41, 5.74) is 4.01. The Hall–Kier alpha value is -3.98. The van der Waals surface area contributed by atoms with Crippen LogP contribution >= 0.6 is 0 Å². The Morgan fingerprint density at radius 3 is 0.860 bits per heavy atom. The molecule has 6 aromatic rings. The summed E-state index contributed by atoms with van der Waals surface area (Å²) < 4.78 is 0. The average molecular weight is 597 g/mol. The Bertz CT molecular complexity index is 1570. The lowest BCUT2D eigenvalue weighted by Gasteiger charge is -2.09. The van der Waals surface area contributed by atoms with Crippen LogP contribution in [0.2, 0.25) is 0 Å². The minimum absolute atomic E-state index is 0.0312. The van der Waals surface area contributed by atoms with Gasteiger partial charge in [-0.15, -0.1) is 0 Å². The maximum atomic E-state index is 2.29. The molecule has 0 saturated carbocycles. The molecule has 0 nitrogen and oxygen atoms in total. The van der Waals surface area contributed by atoms with Gasteiger partial charge in [-0.25, -0.2) is 0 Å². The summed E-state index contributed by atoms with van der Waals surface area (Å²) in [6, 6.07) is 59.3. The van der Waals surface area contributed by atoms with Crippen molar-refractivity contribution in [2.75, 3.05) is 0 Å². The van der Waals surface area contributed by atoms with Gasteiger partial charge in [-0.05, 0) is 98.1 Å². The Balaban J connectivity index is 0.000000171. The van der Waals surface area contributed by atoms with Gasteiger partial charge < -0.3 is 0 Å². The number of benzene rings is 6. The third-order valence-electron chi connectivity index (χ3n) is 7.23. The molecule has 0 aliphatic rings. The van der Waals surface area contributed by atoms with Crippen LogP contribution in [0.1, 0.15) is 36.5 Å². The predicted octanol–water partition coefficient (Wildman–Crippen LogP) is 11.3. The molecule has 0 N–H and O–H groups in total. The van der Waals surface area contributed by atoms with Crippen LogP contribution in [0.5, 0.6) is 0 Å². The minimum Gasteiger partial charge on any atom is -0.0619 e. The lowest BCUT2D eigenvalue weighted by molar-refractivity contribution is 0.864. The van der Waals surface area contributed by atoms with Gasteiger partial charge in [0, 0.05) is 0 Å². The van der Waals surface area contributed by atoms with Crippen molar-refractivity contribution in [2.24, 2.45) is 0 Å². The quantitative estimate of drug-likeness (QED) is 0.161. The first-order valence-corrected chi connectivity index (χ1v) is 17.3. The smallest absolute Gasteiger partial charge is 0.0619 e. The second kappa shape index (κ2) is 15.0. The van der Waals surface area contributed by atoms with Gasteiger partial charge in [0.25, 0.3) is 0 Å². The fourth-order valence-electron chi connectivity index (χ4n) is 4.82. The Morgan fingerprint density at radius 1 is 0.326 bits per heavy atom. The van der Waals surface area contributed by atoms with Crippen molar-refractivity contribution >= 4 is 21.8 Å². The topological polar surface area (TPSA) is 0 Å². The SMILES string of the molecule is CC(C)c1ccc([S+](c2ccccc2)c2ccccc2)cc1.Cc1ccc([S+](c2ccccc2)c2ccc(C)cc2)cc1. The first-order chi connectivity index (χ1) is 21.0. The zero-order valence-electron chi connectivity index (χ0n) is 25.5. The fourth-order valence-corrected chi connectivity index (χ4v) is 8.97. The molecular weight excluding hydrogens is 557 g/mol. The normalized spacial score (nSPS) is 11.0. The molecule has 0 aromatic heterocycles. The largest absolute Gasteiger partial charge is 0.166 e. The molecule has 6 aromatic carbocycles. The summed E-state index contributed by atoms with van der Waals surface area (Å²) >= 11 is 0. The Labute approximate surface area is 264 Å². The second-order valence-corrected chi connectivity index (χ2v) is 15.0. The van der Waals surface area contributed by atoms with Crippen LogP contribution in [0.25, 0.3) is 0 Å². The molecule has 214 valence electrons. The predicted molar refractivity (Wildman–Crippen MR) is 187 cm³/mol. The van der Waals surface area contributed by atoms with Crippen molar-refractivity contribution < 1.29 is 0 Å². The van der Waals surface area contributed by atoms with E-state index in [0.717, 1.165) is 0 Å². The highest BCUT2D eigenvalue weighted by atomic mass is 32.2. The molecule has 0 heterocycles. The fraction of sp³-hybridized carbons (Fsp3) is 0.122. The molecule has 0 unspecified atom stereocenters. The van der Waals surface area contributed by atoms with E-state index in [1.807, 2.05) is 0 Å². The summed E-state index contributed by atoms with van der Waals surface area (Å²) in [7, 11) is -0.0673. The van der Waals surface area contributed by atoms with E-state index in [4.69, 9.17) is 0 Å². The molecular formula is C41H40S2+2. The van der Waals surface area contributed by atoms with Crippen LogP contribution in [0.3, 0.4) is 0 Å². The maximum Gasteiger partial charge on any atom is 0.166 e. The molecule has 0 spiro atoms. The monoisotopic (exact) mass is 596 g/mol. The molecule has 2 heteroatoms. The van der Waals surface area contributed by atoms with E-state index in [0.29, 0.717) is 5.92 Å². The summed E-state index contributed by atoms with van der Waals surface area (Å²) in [6.45, 7) is 8.75. The number of hydrogen-bond donors (Lipinski definition) is 0. The van der Waals surface area contributed by atoms with Gasteiger partial charge in [0.2, 0.25) is 0 Å². The Morgan fingerprint density at radius 2 is 0.581 bits per heavy atom. The molecule has 0 aliphatic heterocycles. The van der Waals surface area contributed by atoms with Gasteiger partial charge in [-0.2, -0.15) is 0 Å². The molecule has 6 rings (SSSR count). The Kier molecular flexibility index (Phi) is 10.6. The molecule has 0 saturated heterocycles. The summed E-state index contributed by atoms with van der Waals surface area (Å²) in [6.07, 6.45) is 0. The molecule has 0 bridgehead atoms. The van der Waals surface area contributed by atoms with Crippen LogP contribution in [0.15, 0.2) is 193 Å². The van der Waals surface area contributed by atoms with Crippen molar-refractivity contribution in [3.05, 3.63) is 180 Å². The first-order valence-electron chi connectivity index (χ1n) is 14.9. The molecule has 0 radical (unpaired) electrons. The highest BCUT2D eigenvalue weighted by Gasteiger charge is 2.29. The van der Waals surface area contributed by atoms with Crippen molar-refractivity contribution in [3.8, 4) is 0 Å². The summed E-state index contributed by atoms with van der Waals surface area (Å²) in [5, 5.41) is 0. The molecule has 0 amide bonds. The van der Waals surface area contributed by atoms with Crippen LogP contribution in [-0.2, 0) is 21.8 Å². The van der Waals surface area contributed by atoms with Gasteiger partial charge in [0.15, 0.2) is 29.4 Å². The van der Waals surface area contributed by atoms with Crippen LogP contribution < -0.4 is 0 Å². The van der Waals surface area contributed by atoms with Gasteiger partial charge in [-0.1, -0.05) is 116 Å². The summed E-state index contributed by atoms with van der Waals surface area (Å²) in [5.74, 6) is 0.573. The van der Waals surface area contributed by atoms with E-state index >= 15 is 0 Å². The summed E-state index contributed by atoms with van der Waals surface area (Å²) in [4.78, 5) is 8.22. The van der Waals surface area contributed by atoms with Crippen molar-refractivity contribution in [1.82, 2.24) is 0 Å². The minimum atomic E-state index is -0.0361. The third-order valence-corrected chi connectivity index (χ3v) is 11.7. The number of rotatable bonds is 7. The van der Waals surface area contributed by atoms with Crippen molar-refractivity contribution in [2.45, 2.75) is 63.0 Å². The zero-order valence-corrected chi connectivity index (χ0v) is 27.1. The highest BCUT2D eigenvalue weighted by Crippen LogP contribution is 2.33. The standard InChI is InChI=1S/C21H21S.C20H19S/c1-17(2)18-13-15-21(16-14-18)22(19-9-5-3-6-10-19)20-11-7-4-8-12-20;1-16-8-12-19(13-9-16)21(18-6-4-3-5-7-18)20-14-10-17(2)11-15-20/h3-17H,1-2H3;3-15H,1-2H3/q2*+1.